The van der Waals surface area contributed by atoms with Crippen LogP contribution >= 0.6 is 0 Å². The van der Waals surface area contributed by atoms with Crippen molar-refractivity contribution in [3.8, 4) is 11.1 Å². The van der Waals surface area contributed by atoms with Gasteiger partial charge in [-0.15, -0.1) is 0 Å². The summed E-state index contributed by atoms with van der Waals surface area (Å²) in [5.41, 5.74) is 11.4. The number of hydrogen-bond donors (Lipinski definition) is 0. The first-order chi connectivity index (χ1) is 12.4. The van der Waals surface area contributed by atoms with Gasteiger partial charge in [0.2, 0.25) is 0 Å². The highest BCUT2D eigenvalue weighted by molar-refractivity contribution is 5.86. The third-order valence-electron chi connectivity index (χ3n) is 5.74. The number of fused-ring (bicyclic) bond motifs is 1. The third kappa shape index (κ3) is 3.91. The number of hydrogen-bond acceptors (Lipinski definition) is 0. The predicted molar refractivity (Wildman–Crippen MR) is 120 cm³/mol. The van der Waals surface area contributed by atoms with E-state index in [0.29, 0.717) is 5.92 Å². The molecule has 0 aromatic heterocycles. The van der Waals surface area contributed by atoms with Crippen LogP contribution in [0.2, 0.25) is 0 Å². The summed E-state index contributed by atoms with van der Waals surface area (Å²) >= 11 is 0. The van der Waals surface area contributed by atoms with Gasteiger partial charge in [-0.05, 0) is 62.6 Å². The first-order valence-electron chi connectivity index (χ1n) is 10.2. The number of rotatable bonds is 2. The second-order valence-electron chi connectivity index (χ2n) is 10.5. The highest BCUT2D eigenvalue weighted by Gasteiger charge is 2.24. The molecule has 0 unspecified atom stereocenters. The van der Waals surface area contributed by atoms with Crippen LogP contribution in [0.5, 0.6) is 0 Å². The third-order valence-corrected chi connectivity index (χ3v) is 5.74. The normalized spacial score (nSPS) is 14.5. The van der Waals surface area contributed by atoms with E-state index in [0.717, 1.165) is 0 Å². The maximum atomic E-state index is 2.42. The van der Waals surface area contributed by atoms with E-state index in [2.05, 4.69) is 105 Å². The maximum absolute atomic E-state index is 2.42. The van der Waals surface area contributed by atoms with Gasteiger partial charge in [0, 0.05) is 6.42 Å². The van der Waals surface area contributed by atoms with Crippen LogP contribution in [-0.4, -0.2) is 0 Å². The zero-order valence-corrected chi connectivity index (χ0v) is 18.6. The molecular formula is C27H35. The monoisotopic (exact) mass is 359 g/mol. The maximum Gasteiger partial charge on any atom is 0.0167 e. The van der Waals surface area contributed by atoms with Crippen molar-refractivity contribution in [2.24, 2.45) is 5.92 Å². The number of aryl methyl sites for hydroxylation is 1. The average Bonchev–Trinajstić information content (AvgIpc) is 2.97. The lowest BCUT2D eigenvalue weighted by Gasteiger charge is -2.27. The summed E-state index contributed by atoms with van der Waals surface area (Å²) in [6.45, 7) is 20.7. The van der Waals surface area contributed by atoms with Crippen LogP contribution < -0.4 is 0 Å². The van der Waals surface area contributed by atoms with Crippen molar-refractivity contribution in [3.63, 3.8) is 0 Å². The Bertz CT molecular complexity index is 861. The molecule has 0 spiro atoms. The molecule has 2 aromatic carbocycles. The molecule has 1 aliphatic rings. The lowest BCUT2D eigenvalue weighted by atomic mass is 9.78. The van der Waals surface area contributed by atoms with Crippen molar-refractivity contribution >= 4 is 6.08 Å². The van der Waals surface area contributed by atoms with Gasteiger partial charge in [0.05, 0.1) is 0 Å². The molecule has 1 aliphatic carbocycles. The molecule has 0 bridgehead atoms. The molecule has 0 saturated carbocycles. The van der Waals surface area contributed by atoms with Gasteiger partial charge in [0.1, 0.15) is 0 Å². The smallest absolute Gasteiger partial charge is 0.0167 e. The van der Waals surface area contributed by atoms with Crippen LogP contribution in [0.25, 0.3) is 17.2 Å². The van der Waals surface area contributed by atoms with Crippen LogP contribution in [0.4, 0.5) is 0 Å². The Labute approximate surface area is 166 Å². The zero-order valence-electron chi connectivity index (χ0n) is 18.6. The molecule has 0 aliphatic heterocycles. The van der Waals surface area contributed by atoms with E-state index in [1.165, 1.54) is 44.5 Å². The lowest BCUT2D eigenvalue weighted by molar-refractivity contribution is 0.569. The summed E-state index contributed by atoms with van der Waals surface area (Å²) in [5.74, 6) is 0.552. The Morgan fingerprint density at radius 1 is 0.778 bits per heavy atom. The minimum atomic E-state index is 0.132. The fourth-order valence-electron chi connectivity index (χ4n) is 3.77. The summed E-state index contributed by atoms with van der Waals surface area (Å²) in [4.78, 5) is 0. The summed E-state index contributed by atoms with van der Waals surface area (Å²) in [6, 6.07) is 11.8. The Kier molecular flexibility index (Phi) is 4.91. The fraction of sp³-hybridized carbons (Fsp3) is 0.444. The average molecular weight is 360 g/mol. The summed E-state index contributed by atoms with van der Waals surface area (Å²) < 4.78 is 0. The van der Waals surface area contributed by atoms with E-state index in [4.69, 9.17) is 0 Å². The molecule has 0 heterocycles. The van der Waals surface area contributed by atoms with Crippen LogP contribution in [0, 0.1) is 19.3 Å². The first kappa shape index (κ1) is 19.9. The predicted octanol–water partition coefficient (Wildman–Crippen LogP) is 7.86. The van der Waals surface area contributed by atoms with Gasteiger partial charge in [-0.3, -0.25) is 0 Å². The molecule has 27 heavy (non-hydrogen) atoms. The van der Waals surface area contributed by atoms with E-state index >= 15 is 0 Å². The summed E-state index contributed by atoms with van der Waals surface area (Å²) in [7, 11) is 0. The Morgan fingerprint density at radius 2 is 1.33 bits per heavy atom. The Hall–Kier alpha value is -1.82. The molecule has 1 radical (unpaired) electrons. The van der Waals surface area contributed by atoms with E-state index in [1.54, 1.807) is 0 Å². The van der Waals surface area contributed by atoms with Gasteiger partial charge in [0.15, 0.2) is 0 Å². The second kappa shape index (κ2) is 6.66. The second-order valence-corrected chi connectivity index (χ2v) is 10.5. The van der Waals surface area contributed by atoms with Crippen molar-refractivity contribution in [2.75, 3.05) is 0 Å². The molecule has 0 saturated heterocycles. The summed E-state index contributed by atoms with van der Waals surface area (Å²) in [6.07, 6.45) is 4.77. The van der Waals surface area contributed by atoms with Crippen LogP contribution in [0.15, 0.2) is 35.9 Å². The molecule has 0 heteroatoms. The van der Waals surface area contributed by atoms with Gasteiger partial charge < -0.3 is 0 Å². The lowest BCUT2D eigenvalue weighted by Crippen LogP contribution is -2.16. The molecule has 2 aromatic rings. The Morgan fingerprint density at radius 3 is 1.81 bits per heavy atom. The first-order valence-corrected chi connectivity index (χ1v) is 10.2. The van der Waals surface area contributed by atoms with Crippen molar-refractivity contribution in [1.82, 2.24) is 0 Å². The zero-order chi connectivity index (χ0) is 20.1. The largest absolute Gasteiger partial charge is 0.0590 e. The van der Waals surface area contributed by atoms with Gasteiger partial charge in [-0.1, -0.05) is 97.4 Å². The van der Waals surface area contributed by atoms with Crippen LogP contribution in [0.1, 0.15) is 83.2 Å². The topological polar surface area (TPSA) is 0 Å². The molecule has 0 atom stereocenters. The molecule has 0 fully saturated rings. The molecule has 3 rings (SSSR count). The quantitative estimate of drug-likeness (QED) is 0.512. The van der Waals surface area contributed by atoms with Crippen molar-refractivity contribution in [1.29, 1.82) is 0 Å². The van der Waals surface area contributed by atoms with E-state index in [-0.39, 0.29) is 10.8 Å². The highest BCUT2D eigenvalue weighted by atomic mass is 14.3. The molecular weight excluding hydrogens is 324 g/mol. The molecule has 143 valence electrons. The highest BCUT2D eigenvalue weighted by Crippen LogP contribution is 2.41. The van der Waals surface area contributed by atoms with Crippen LogP contribution in [0.3, 0.4) is 0 Å². The Balaban J connectivity index is 2.28. The number of benzene rings is 2. The standard InChI is InChI=1S/C27H35/c1-17(2)20-12-19-11-10-18(3)25(24(19)15-20)21-13-22(26(4,5)6)16-23(14-21)27(7,8)9/h10-17H,1-9H3. The van der Waals surface area contributed by atoms with Gasteiger partial charge in [-0.25, -0.2) is 0 Å². The van der Waals surface area contributed by atoms with Gasteiger partial charge >= 0.3 is 0 Å². The van der Waals surface area contributed by atoms with E-state index in [9.17, 15) is 0 Å². The molecule has 0 amide bonds. The molecule has 0 N–H and O–H groups in total. The number of allylic oxidation sites excluding steroid dienone is 1. The SMILES string of the molecule is Cc1ccc2c(c1-c1cc(C(C)(C)C)cc(C(C)(C)C)c1)C=C(C(C)C)[CH]2. The van der Waals surface area contributed by atoms with Crippen LogP contribution in [-0.2, 0) is 10.8 Å². The minimum Gasteiger partial charge on any atom is -0.0590 e. The summed E-state index contributed by atoms with van der Waals surface area (Å²) in [5, 5.41) is 0. The van der Waals surface area contributed by atoms with Gasteiger partial charge in [0.25, 0.3) is 0 Å². The fourth-order valence-corrected chi connectivity index (χ4v) is 3.77. The minimum absolute atomic E-state index is 0.132. The van der Waals surface area contributed by atoms with E-state index in [1.807, 2.05) is 0 Å². The van der Waals surface area contributed by atoms with Crippen molar-refractivity contribution < 1.29 is 0 Å². The van der Waals surface area contributed by atoms with Crippen molar-refractivity contribution in [3.05, 3.63) is 70.1 Å². The molecule has 0 nitrogen and oxygen atoms in total. The van der Waals surface area contributed by atoms with Gasteiger partial charge in [-0.2, -0.15) is 0 Å². The van der Waals surface area contributed by atoms with Crippen molar-refractivity contribution in [2.45, 2.75) is 73.1 Å². The van der Waals surface area contributed by atoms with E-state index < -0.39 is 0 Å².